The number of carbonyl (C=O) groups is 1. The number of nitrogens with zero attached hydrogens (tertiary/aromatic N) is 2. The lowest BCUT2D eigenvalue weighted by molar-refractivity contribution is -0.120. The maximum Gasteiger partial charge on any atom is 0.256 e. The van der Waals surface area contributed by atoms with E-state index in [4.69, 9.17) is 0 Å². The van der Waals surface area contributed by atoms with Crippen molar-refractivity contribution in [3.8, 4) is 0 Å². The number of fused-ring (bicyclic) bond motifs is 1. The SMILES string of the molecule is CSC1=NC(=O)C2CCCCC2=N1. The Labute approximate surface area is 81.7 Å². The van der Waals surface area contributed by atoms with E-state index in [-0.39, 0.29) is 11.8 Å². The molecule has 1 fully saturated rings. The van der Waals surface area contributed by atoms with Gasteiger partial charge in [0.1, 0.15) is 0 Å². The highest BCUT2D eigenvalue weighted by molar-refractivity contribution is 8.13. The number of aliphatic imine (C=N–C) groups is 2. The van der Waals surface area contributed by atoms with E-state index in [0.29, 0.717) is 5.17 Å². The zero-order valence-corrected chi connectivity index (χ0v) is 8.43. The third-order valence-corrected chi connectivity index (χ3v) is 3.05. The summed E-state index contributed by atoms with van der Waals surface area (Å²) in [6.45, 7) is 0. The van der Waals surface area contributed by atoms with Crippen LogP contribution in [-0.4, -0.2) is 23.0 Å². The standard InChI is InChI=1S/C9H12N2OS/c1-13-9-10-7-5-3-2-4-6(7)8(12)11-9/h6H,2-5H2,1H3. The molecule has 0 spiro atoms. The molecule has 70 valence electrons. The average molecular weight is 196 g/mol. The molecular weight excluding hydrogens is 184 g/mol. The van der Waals surface area contributed by atoms with Gasteiger partial charge in [-0.2, -0.15) is 4.99 Å². The number of hydrogen-bond donors (Lipinski definition) is 0. The summed E-state index contributed by atoms with van der Waals surface area (Å²) >= 11 is 1.45. The van der Waals surface area contributed by atoms with E-state index >= 15 is 0 Å². The maximum absolute atomic E-state index is 11.5. The predicted molar refractivity (Wildman–Crippen MR) is 55.4 cm³/mol. The summed E-state index contributed by atoms with van der Waals surface area (Å²) in [5.74, 6) is 0.0405. The van der Waals surface area contributed by atoms with Crippen LogP contribution in [0, 0.1) is 5.92 Å². The second-order valence-electron chi connectivity index (χ2n) is 3.34. The Morgan fingerprint density at radius 3 is 3.00 bits per heavy atom. The second kappa shape index (κ2) is 3.62. The maximum atomic E-state index is 11.5. The van der Waals surface area contributed by atoms with Crippen molar-refractivity contribution >= 4 is 28.5 Å². The summed E-state index contributed by atoms with van der Waals surface area (Å²) in [7, 11) is 0. The fraction of sp³-hybridized carbons (Fsp3) is 0.667. The predicted octanol–water partition coefficient (Wildman–Crippen LogP) is 1.88. The quantitative estimate of drug-likeness (QED) is 0.593. The number of thioether (sulfide) groups is 1. The van der Waals surface area contributed by atoms with Crippen LogP contribution in [-0.2, 0) is 4.79 Å². The van der Waals surface area contributed by atoms with Crippen LogP contribution >= 0.6 is 11.8 Å². The molecular formula is C9H12N2OS. The second-order valence-corrected chi connectivity index (χ2v) is 4.11. The van der Waals surface area contributed by atoms with Crippen LogP contribution in [0.1, 0.15) is 25.7 Å². The Hall–Kier alpha value is -0.640. The summed E-state index contributed by atoms with van der Waals surface area (Å²) in [6, 6.07) is 0. The monoisotopic (exact) mass is 196 g/mol. The van der Waals surface area contributed by atoms with Gasteiger partial charge < -0.3 is 0 Å². The highest BCUT2D eigenvalue weighted by Gasteiger charge is 2.30. The third-order valence-electron chi connectivity index (χ3n) is 2.50. The third kappa shape index (κ3) is 1.68. The molecule has 0 saturated heterocycles. The van der Waals surface area contributed by atoms with Gasteiger partial charge in [0.2, 0.25) is 0 Å². The first-order valence-electron chi connectivity index (χ1n) is 4.55. The lowest BCUT2D eigenvalue weighted by atomic mass is 9.86. The molecule has 1 amide bonds. The van der Waals surface area contributed by atoms with Gasteiger partial charge in [-0.25, -0.2) is 4.99 Å². The first kappa shape index (κ1) is 8.94. The molecule has 1 aliphatic carbocycles. The van der Waals surface area contributed by atoms with Crippen LogP contribution in [0.3, 0.4) is 0 Å². The van der Waals surface area contributed by atoms with Gasteiger partial charge in [0.25, 0.3) is 5.91 Å². The largest absolute Gasteiger partial charge is 0.272 e. The van der Waals surface area contributed by atoms with E-state index in [1.165, 1.54) is 18.2 Å². The Kier molecular flexibility index (Phi) is 2.49. The molecule has 2 aliphatic rings. The van der Waals surface area contributed by atoms with Crippen LogP contribution < -0.4 is 0 Å². The molecule has 1 heterocycles. The summed E-state index contributed by atoms with van der Waals surface area (Å²) in [5, 5.41) is 0.637. The molecule has 13 heavy (non-hydrogen) atoms. The fourth-order valence-electron chi connectivity index (χ4n) is 1.81. The molecule has 0 aromatic heterocycles. The minimum atomic E-state index is 0.0182. The first-order valence-corrected chi connectivity index (χ1v) is 5.77. The molecule has 1 unspecified atom stereocenters. The molecule has 4 heteroatoms. The minimum absolute atomic E-state index is 0.0182. The van der Waals surface area contributed by atoms with Crippen LogP contribution in [0.5, 0.6) is 0 Å². The highest BCUT2D eigenvalue weighted by atomic mass is 32.2. The van der Waals surface area contributed by atoms with Crippen molar-refractivity contribution in [1.82, 2.24) is 0 Å². The molecule has 0 aromatic rings. The van der Waals surface area contributed by atoms with E-state index < -0.39 is 0 Å². The molecule has 0 radical (unpaired) electrons. The zero-order valence-electron chi connectivity index (χ0n) is 7.62. The van der Waals surface area contributed by atoms with E-state index in [1.54, 1.807) is 0 Å². The topological polar surface area (TPSA) is 41.8 Å². The number of hydrogen-bond acceptors (Lipinski definition) is 3. The number of rotatable bonds is 0. The van der Waals surface area contributed by atoms with E-state index in [9.17, 15) is 4.79 Å². The highest BCUT2D eigenvalue weighted by Crippen LogP contribution is 2.26. The Morgan fingerprint density at radius 2 is 2.23 bits per heavy atom. The fourth-order valence-corrected chi connectivity index (χ4v) is 2.20. The van der Waals surface area contributed by atoms with Crippen LogP contribution in [0.2, 0.25) is 0 Å². The molecule has 0 N–H and O–H groups in total. The van der Waals surface area contributed by atoms with Gasteiger partial charge in [-0.05, 0) is 25.5 Å². The Bertz CT molecular complexity index is 296. The van der Waals surface area contributed by atoms with E-state index in [2.05, 4.69) is 9.98 Å². The lowest BCUT2D eigenvalue weighted by Crippen LogP contribution is -2.30. The number of carbonyl (C=O) groups excluding carboxylic acids is 1. The Morgan fingerprint density at radius 1 is 1.38 bits per heavy atom. The van der Waals surface area contributed by atoms with Gasteiger partial charge in [-0.1, -0.05) is 18.2 Å². The van der Waals surface area contributed by atoms with Gasteiger partial charge in [-0.15, -0.1) is 0 Å². The van der Waals surface area contributed by atoms with Gasteiger partial charge in [0, 0.05) is 5.71 Å². The van der Waals surface area contributed by atoms with Gasteiger partial charge in [0.05, 0.1) is 5.92 Å². The Balaban J connectivity index is 2.26. The summed E-state index contributed by atoms with van der Waals surface area (Å²) in [4.78, 5) is 19.8. The van der Waals surface area contributed by atoms with E-state index in [1.807, 2.05) is 6.26 Å². The van der Waals surface area contributed by atoms with E-state index in [0.717, 1.165) is 25.0 Å². The smallest absolute Gasteiger partial charge is 0.256 e. The van der Waals surface area contributed by atoms with Gasteiger partial charge in [-0.3, -0.25) is 4.79 Å². The first-order chi connectivity index (χ1) is 6.31. The van der Waals surface area contributed by atoms with Crippen molar-refractivity contribution < 1.29 is 4.79 Å². The van der Waals surface area contributed by atoms with Crippen molar-refractivity contribution in [1.29, 1.82) is 0 Å². The molecule has 1 saturated carbocycles. The van der Waals surface area contributed by atoms with Gasteiger partial charge >= 0.3 is 0 Å². The molecule has 1 aliphatic heterocycles. The molecule has 1 atom stereocenters. The lowest BCUT2D eigenvalue weighted by Gasteiger charge is -2.23. The normalized spacial score (nSPS) is 27.8. The number of amides is 1. The minimum Gasteiger partial charge on any atom is -0.272 e. The number of amidine groups is 1. The average Bonchev–Trinajstić information content (AvgIpc) is 2.18. The molecule has 0 aromatic carbocycles. The van der Waals surface area contributed by atoms with Crippen molar-refractivity contribution in [3.05, 3.63) is 0 Å². The van der Waals surface area contributed by atoms with Crippen molar-refractivity contribution in [2.75, 3.05) is 6.26 Å². The van der Waals surface area contributed by atoms with Crippen LogP contribution in [0.15, 0.2) is 9.98 Å². The molecule has 2 rings (SSSR count). The molecule has 0 bridgehead atoms. The van der Waals surface area contributed by atoms with Crippen molar-refractivity contribution in [3.63, 3.8) is 0 Å². The zero-order chi connectivity index (χ0) is 9.26. The van der Waals surface area contributed by atoms with Crippen molar-refractivity contribution in [2.24, 2.45) is 15.9 Å². The summed E-state index contributed by atoms with van der Waals surface area (Å²) < 4.78 is 0. The molecule has 3 nitrogen and oxygen atoms in total. The summed E-state index contributed by atoms with van der Waals surface area (Å²) in [5.41, 5.74) is 1.07. The van der Waals surface area contributed by atoms with Crippen LogP contribution in [0.25, 0.3) is 0 Å². The summed E-state index contributed by atoms with van der Waals surface area (Å²) in [6.07, 6.45) is 6.14. The van der Waals surface area contributed by atoms with Crippen molar-refractivity contribution in [2.45, 2.75) is 25.7 Å². The van der Waals surface area contributed by atoms with Crippen LogP contribution in [0.4, 0.5) is 0 Å². The van der Waals surface area contributed by atoms with Gasteiger partial charge in [0.15, 0.2) is 5.17 Å².